The number of aromatic nitrogens is 3. The Morgan fingerprint density at radius 3 is 2.31 bits per heavy atom. The molecule has 2 N–H and O–H groups in total. The van der Waals surface area contributed by atoms with Crippen molar-refractivity contribution in [2.24, 2.45) is 0 Å². The molecule has 2 aliphatic rings. The first-order valence-corrected chi connectivity index (χ1v) is 6.57. The van der Waals surface area contributed by atoms with E-state index in [2.05, 4.69) is 10.3 Å². The minimum atomic E-state index is 0.516. The van der Waals surface area contributed by atoms with E-state index in [1.807, 2.05) is 4.68 Å². The van der Waals surface area contributed by atoms with Crippen LogP contribution in [0, 0.1) is 0 Å². The molecule has 1 aromatic heterocycles. The highest BCUT2D eigenvalue weighted by atomic mass is 15.5. The lowest BCUT2D eigenvalue weighted by atomic mass is 10.0. The Bertz CT molecular complexity index is 326. The monoisotopic (exact) mass is 220 g/mol. The molecule has 1 heterocycles. The van der Waals surface area contributed by atoms with Crippen molar-refractivity contribution in [2.75, 3.05) is 5.73 Å². The quantitative estimate of drug-likeness (QED) is 0.833. The maximum Gasteiger partial charge on any atom is 0.146 e. The van der Waals surface area contributed by atoms with Crippen molar-refractivity contribution in [3.8, 4) is 0 Å². The third-order valence-electron chi connectivity index (χ3n) is 4.17. The van der Waals surface area contributed by atoms with Crippen molar-refractivity contribution >= 4 is 5.82 Å². The van der Waals surface area contributed by atoms with Gasteiger partial charge in [0.2, 0.25) is 0 Å². The molecule has 0 bridgehead atoms. The molecule has 0 spiro atoms. The summed E-state index contributed by atoms with van der Waals surface area (Å²) in [5.41, 5.74) is 7.27. The molecular formula is C12H20N4. The molecular weight excluding hydrogens is 200 g/mol. The van der Waals surface area contributed by atoms with Crippen LogP contribution in [0.15, 0.2) is 0 Å². The summed E-state index contributed by atoms with van der Waals surface area (Å²) < 4.78 is 1.99. The Balaban J connectivity index is 1.84. The molecule has 1 aromatic rings. The van der Waals surface area contributed by atoms with Gasteiger partial charge in [-0.05, 0) is 25.7 Å². The number of rotatable bonds is 2. The summed E-state index contributed by atoms with van der Waals surface area (Å²) in [5.74, 6) is 1.42. The third-order valence-corrected chi connectivity index (χ3v) is 4.17. The van der Waals surface area contributed by atoms with E-state index < -0.39 is 0 Å². The van der Waals surface area contributed by atoms with E-state index in [0.717, 1.165) is 11.5 Å². The predicted octanol–water partition coefficient (Wildman–Crippen LogP) is 2.63. The Labute approximate surface area is 96.2 Å². The lowest BCUT2D eigenvalue weighted by Crippen LogP contribution is -2.11. The van der Waals surface area contributed by atoms with E-state index in [0.29, 0.717) is 12.0 Å². The molecule has 0 amide bonds. The topological polar surface area (TPSA) is 56.7 Å². The zero-order chi connectivity index (χ0) is 11.0. The minimum absolute atomic E-state index is 0.516. The van der Waals surface area contributed by atoms with Gasteiger partial charge in [0.1, 0.15) is 11.5 Å². The number of nitrogen functional groups attached to an aromatic ring is 1. The van der Waals surface area contributed by atoms with Gasteiger partial charge in [0.15, 0.2) is 0 Å². The first-order chi connectivity index (χ1) is 7.86. The van der Waals surface area contributed by atoms with Gasteiger partial charge in [-0.2, -0.15) is 0 Å². The van der Waals surface area contributed by atoms with E-state index in [-0.39, 0.29) is 0 Å². The van der Waals surface area contributed by atoms with Gasteiger partial charge in [-0.25, -0.2) is 4.68 Å². The summed E-state index contributed by atoms with van der Waals surface area (Å²) in [4.78, 5) is 0. The molecule has 4 heteroatoms. The van der Waals surface area contributed by atoms with Gasteiger partial charge in [0.25, 0.3) is 0 Å². The Kier molecular flexibility index (Phi) is 2.58. The maximum absolute atomic E-state index is 6.20. The van der Waals surface area contributed by atoms with Crippen LogP contribution in [0.4, 0.5) is 5.82 Å². The fourth-order valence-electron chi connectivity index (χ4n) is 3.22. The number of hydrogen-bond acceptors (Lipinski definition) is 3. The molecule has 0 radical (unpaired) electrons. The lowest BCUT2D eigenvalue weighted by molar-refractivity contribution is 0.460. The van der Waals surface area contributed by atoms with Crippen molar-refractivity contribution in [2.45, 2.75) is 63.3 Å². The Morgan fingerprint density at radius 1 is 1.00 bits per heavy atom. The van der Waals surface area contributed by atoms with Crippen LogP contribution in [0.3, 0.4) is 0 Å². The molecule has 0 atom stereocenters. The summed E-state index contributed by atoms with van der Waals surface area (Å²) in [5, 5.41) is 8.61. The summed E-state index contributed by atoms with van der Waals surface area (Å²) in [6, 6.07) is 0.516. The van der Waals surface area contributed by atoms with Crippen LogP contribution in [0.5, 0.6) is 0 Å². The van der Waals surface area contributed by atoms with Gasteiger partial charge >= 0.3 is 0 Å². The fourth-order valence-corrected chi connectivity index (χ4v) is 3.22. The maximum atomic E-state index is 6.20. The zero-order valence-corrected chi connectivity index (χ0v) is 9.73. The van der Waals surface area contributed by atoms with Gasteiger partial charge in [0, 0.05) is 5.92 Å². The van der Waals surface area contributed by atoms with Crippen molar-refractivity contribution in [1.29, 1.82) is 0 Å². The smallest absolute Gasteiger partial charge is 0.146 e. The highest BCUT2D eigenvalue weighted by Crippen LogP contribution is 2.38. The van der Waals surface area contributed by atoms with Gasteiger partial charge in [-0.3, -0.25) is 0 Å². The van der Waals surface area contributed by atoms with E-state index in [1.165, 1.54) is 51.4 Å². The first kappa shape index (κ1) is 10.1. The van der Waals surface area contributed by atoms with E-state index in [9.17, 15) is 0 Å². The highest BCUT2D eigenvalue weighted by molar-refractivity contribution is 5.37. The van der Waals surface area contributed by atoms with Crippen LogP contribution in [-0.2, 0) is 0 Å². The van der Waals surface area contributed by atoms with Gasteiger partial charge in [-0.15, -0.1) is 5.10 Å². The number of nitrogens with zero attached hydrogens (tertiary/aromatic N) is 3. The molecule has 0 aromatic carbocycles. The van der Waals surface area contributed by atoms with Crippen molar-refractivity contribution in [1.82, 2.24) is 15.0 Å². The number of hydrogen-bond donors (Lipinski definition) is 1. The first-order valence-electron chi connectivity index (χ1n) is 6.57. The molecule has 4 nitrogen and oxygen atoms in total. The molecule has 2 aliphatic carbocycles. The minimum Gasteiger partial charge on any atom is -0.382 e. The average Bonchev–Trinajstić information content (AvgIpc) is 2.96. The third kappa shape index (κ3) is 1.60. The normalized spacial score (nSPS) is 23.2. The summed E-state index contributed by atoms with van der Waals surface area (Å²) >= 11 is 0. The van der Waals surface area contributed by atoms with Gasteiger partial charge in [0.05, 0.1) is 6.04 Å². The fraction of sp³-hybridized carbons (Fsp3) is 0.833. The lowest BCUT2D eigenvalue weighted by Gasteiger charge is -2.11. The van der Waals surface area contributed by atoms with Gasteiger partial charge < -0.3 is 5.73 Å². The van der Waals surface area contributed by atoms with E-state index in [1.54, 1.807) is 0 Å². The molecule has 2 fully saturated rings. The molecule has 3 rings (SSSR count). The Morgan fingerprint density at radius 2 is 1.62 bits per heavy atom. The van der Waals surface area contributed by atoms with Crippen LogP contribution >= 0.6 is 0 Å². The van der Waals surface area contributed by atoms with Crippen molar-refractivity contribution in [3.05, 3.63) is 5.69 Å². The molecule has 16 heavy (non-hydrogen) atoms. The number of nitrogens with two attached hydrogens (primary N) is 1. The standard InChI is InChI=1S/C12H20N4/c13-12-11(9-5-1-2-6-9)14-15-16(12)10-7-3-4-8-10/h9-10H,1-8,13H2. The molecule has 0 unspecified atom stereocenters. The Hall–Kier alpha value is -1.06. The number of anilines is 1. The molecule has 2 saturated carbocycles. The van der Waals surface area contributed by atoms with E-state index >= 15 is 0 Å². The van der Waals surface area contributed by atoms with Crippen LogP contribution in [0.2, 0.25) is 0 Å². The van der Waals surface area contributed by atoms with Crippen molar-refractivity contribution in [3.63, 3.8) is 0 Å². The van der Waals surface area contributed by atoms with E-state index in [4.69, 9.17) is 5.73 Å². The molecule has 0 aliphatic heterocycles. The van der Waals surface area contributed by atoms with Crippen LogP contribution in [0.1, 0.15) is 69.0 Å². The average molecular weight is 220 g/mol. The molecule has 0 saturated heterocycles. The van der Waals surface area contributed by atoms with Crippen LogP contribution in [0.25, 0.3) is 0 Å². The van der Waals surface area contributed by atoms with Crippen LogP contribution < -0.4 is 5.73 Å². The van der Waals surface area contributed by atoms with Crippen molar-refractivity contribution < 1.29 is 0 Å². The second kappa shape index (κ2) is 4.07. The summed E-state index contributed by atoms with van der Waals surface area (Å²) in [7, 11) is 0. The van der Waals surface area contributed by atoms with Gasteiger partial charge in [-0.1, -0.05) is 30.9 Å². The zero-order valence-electron chi connectivity index (χ0n) is 9.73. The van der Waals surface area contributed by atoms with Crippen LogP contribution in [-0.4, -0.2) is 15.0 Å². The predicted molar refractivity (Wildman–Crippen MR) is 63.1 cm³/mol. The summed E-state index contributed by atoms with van der Waals surface area (Å²) in [6.45, 7) is 0. The SMILES string of the molecule is Nc1c(C2CCCC2)nnn1C1CCCC1. The second-order valence-corrected chi connectivity index (χ2v) is 5.22. The largest absolute Gasteiger partial charge is 0.382 e. The summed E-state index contributed by atoms with van der Waals surface area (Å²) in [6.07, 6.45) is 10.2. The highest BCUT2D eigenvalue weighted by Gasteiger charge is 2.27. The second-order valence-electron chi connectivity index (χ2n) is 5.22. The molecule has 88 valence electrons.